The molecule has 7 atom stereocenters. The summed E-state index contributed by atoms with van der Waals surface area (Å²) < 4.78 is 17.8. The highest BCUT2D eigenvalue weighted by Gasteiger charge is 2.58. The van der Waals surface area contributed by atoms with E-state index in [1.807, 2.05) is 60.7 Å². The molecule has 4 aliphatic rings. The first-order chi connectivity index (χ1) is 27.2. The molecule has 2 saturated carbocycles. The summed E-state index contributed by atoms with van der Waals surface area (Å²) in [6, 6.07) is 21.0. The summed E-state index contributed by atoms with van der Waals surface area (Å²) in [5.74, 6) is 2.07. The number of allylic oxidation sites excluding steroid dienone is 2. The zero-order valence-corrected chi connectivity index (χ0v) is 35.3. The van der Waals surface area contributed by atoms with Crippen LogP contribution in [0.3, 0.4) is 0 Å². The van der Waals surface area contributed by atoms with E-state index in [0.29, 0.717) is 73.0 Å². The molecule has 2 fully saturated rings. The van der Waals surface area contributed by atoms with Gasteiger partial charge in [0.1, 0.15) is 17.6 Å². The summed E-state index contributed by atoms with van der Waals surface area (Å²) in [5.41, 5.74) is 2.97. The number of benzene rings is 3. The Kier molecular flexibility index (Phi) is 13.6. The molecule has 0 saturated heterocycles. The molecule has 7 rings (SSSR count). The number of carbonyl (C=O) groups is 2. The minimum absolute atomic E-state index is 0.0531. The number of ketones is 1. The molecule has 3 aromatic rings. The maximum absolute atomic E-state index is 14.7. The van der Waals surface area contributed by atoms with Crippen LogP contribution >= 0.6 is 0 Å². The third-order valence-electron chi connectivity index (χ3n) is 13.7. The number of methoxy groups -OCH3 is 2. The fourth-order valence-electron chi connectivity index (χ4n) is 10.1. The lowest BCUT2D eigenvalue weighted by atomic mass is 9.64. The second-order valence-corrected chi connectivity index (χ2v) is 17.9. The van der Waals surface area contributed by atoms with Crippen molar-refractivity contribution in [2.75, 3.05) is 20.8 Å². The lowest BCUT2D eigenvalue weighted by Gasteiger charge is -2.46. The van der Waals surface area contributed by atoms with Gasteiger partial charge in [0.15, 0.2) is 5.78 Å². The van der Waals surface area contributed by atoms with E-state index in [2.05, 4.69) is 46.8 Å². The quantitative estimate of drug-likeness (QED) is 0.156. The third kappa shape index (κ3) is 9.44. The van der Waals surface area contributed by atoms with Gasteiger partial charge >= 0.3 is 6.09 Å². The summed E-state index contributed by atoms with van der Waals surface area (Å²) >= 11 is 0. The lowest BCUT2D eigenvalue weighted by Crippen LogP contribution is -2.54. The minimum Gasteiger partial charge on any atom is -0.497 e. The van der Waals surface area contributed by atoms with Crippen LogP contribution in [0, 0.1) is 23.2 Å². The standard InChI is InChI=1S/C49H65NO7/c1-32(2)40-21-16-34(4)26-45(40)57-47(53)50(30-37-18-20-39(55-6)29-44(37)56-7)31-49(54)25-23-43-41-22-17-35(28-42(41)46(52)36-13-9-8-10-14-36)27-38(51)19-15-33(3)12-11-24-48(43,49)5/h8-10,12-14,17-18,20,22,28-29,32,34,38,40,43,45,51,54H,11,15-16,19,21,23-27,30-31H2,1-7H3. The SMILES string of the molecule is COc1ccc(CN(CC2(O)CCC3c4ccc(cc4C(=O)c4ccccc4)CC(O)CCC(C)=CCCC32C)C(=O)OC2CC(C)CCC2C(C)C)c(OC)c1. The topological polar surface area (TPSA) is 106 Å². The minimum atomic E-state index is -1.32. The van der Waals surface area contributed by atoms with Gasteiger partial charge in [0.05, 0.1) is 39.0 Å². The maximum Gasteiger partial charge on any atom is 0.410 e. The fraction of sp³-hybridized carbons (Fsp3) is 0.551. The smallest absolute Gasteiger partial charge is 0.410 e. The van der Waals surface area contributed by atoms with Crippen molar-refractivity contribution in [2.45, 2.75) is 129 Å². The van der Waals surface area contributed by atoms with E-state index in [1.54, 1.807) is 19.1 Å². The molecular weight excluding hydrogens is 715 g/mol. The summed E-state index contributed by atoms with van der Waals surface area (Å²) in [6.07, 6.45) is 8.29. The molecule has 2 N–H and O–H groups in total. The Bertz CT molecular complexity index is 1890. The Morgan fingerprint density at radius 3 is 2.44 bits per heavy atom. The van der Waals surface area contributed by atoms with Crippen LogP contribution in [-0.4, -0.2) is 65.6 Å². The summed E-state index contributed by atoms with van der Waals surface area (Å²) in [6.45, 7) is 11.1. The molecule has 4 aliphatic carbocycles. The van der Waals surface area contributed by atoms with Gasteiger partial charge in [0.2, 0.25) is 0 Å². The van der Waals surface area contributed by atoms with Crippen molar-refractivity contribution in [3.63, 3.8) is 0 Å². The van der Waals surface area contributed by atoms with Crippen LogP contribution < -0.4 is 9.47 Å². The molecule has 3 aromatic carbocycles. The normalized spacial score (nSPS) is 27.9. The molecule has 0 aliphatic heterocycles. The van der Waals surface area contributed by atoms with Crippen LogP contribution in [0.1, 0.15) is 131 Å². The van der Waals surface area contributed by atoms with Gasteiger partial charge in [-0.25, -0.2) is 4.79 Å². The van der Waals surface area contributed by atoms with Gasteiger partial charge in [0, 0.05) is 28.2 Å². The first kappa shape index (κ1) is 42.5. The predicted molar refractivity (Wildman–Crippen MR) is 225 cm³/mol. The first-order valence-electron chi connectivity index (χ1n) is 21.2. The first-order valence-corrected chi connectivity index (χ1v) is 21.2. The van der Waals surface area contributed by atoms with E-state index in [-0.39, 0.29) is 36.8 Å². The van der Waals surface area contributed by atoms with Crippen LogP contribution in [-0.2, 0) is 17.7 Å². The van der Waals surface area contributed by atoms with Gasteiger partial charge in [-0.15, -0.1) is 0 Å². The van der Waals surface area contributed by atoms with Gasteiger partial charge < -0.3 is 29.3 Å². The zero-order chi connectivity index (χ0) is 40.9. The van der Waals surface area contributed by atoms with Gasteiger partial charge in [0.25, 0.3) is 0 Å². The zero-order valence-electron chi connectivity index (χ0n) is 35.3. The second-order valence-electron chi connectivity index (χ2n) is 17.9. The predicted octanol–water partition coefficient (Wildman–Crippen LogP) is 10.1. The van der Waals surface area contributed by atoms with Crippen molar-refractivity contribution in [2.24, 2.45) is 23.2 Å². The summed E-state index contributed by atoms with van der Waals surface area (Å²) in [5, 5.41) is 24.3. The molecule has 57 heavy (non-hydrogen) atoms. The lowest BCUT2D eigenvalue weighted by molar-refractivity contribution is -0.0877. The van der Waals surface area contributed by atoms with Crippen molar-refractivity contribution in [1.82, 2.24) is 4.90 Å². The number of aliphatic hydroxyl groups is 2. The number of hydrogen-bond acceptors (Lipinski definition) is 7. The van der Waals surface area contributed by atoms with Gasteiger partial charge in [-0.3, -0.25) is 4.79 Å². The van der Waals surface area contributed by atoms with Crippen molar-refractivity contribution < 1.29 is 34.0 Å². The van der Waals surface area contributed by atoms with Crippen LogP contribution in [0.25, 0.3) is 0 Å². The Morgan fingerprint density at radius 2 is 1.72 bits per heavy atom. The molecule has 1 amide bonds. The number of hydrogen-bond donors (Lipinski definition) is 2. The van der Waals surface area contributed by atoms with Crippen molar-refractivity contribution in [1.29, 1.82) is 0 Å². The largest absolute Gasteiger partial charge is 0.497 e. The maximum atomic E-state index is 14.7. The highest BCUT2D eigenvalue weighted by Crippen LogP contribution is 2.59. The Labute approximate surface area is 340 Å². The molecule has 0 heterocycles. The highest BCUT2D eigenvalue weighted by molar-refractivity contribution is 6.10. The highest BCUT2D eigenvalue weighted by atomic mass is 16.6. The number of nitrogens with zero attached hydrogens (tertiary/aromatic N) is 1. The van der Waals surface area contributed by atoms with Crippen molar-refractivity contribution in [3.8, 4) is 11.5 Å². The van der Waals surface area contributed by atoms with E-state index in [1.165, 1.54) is 5.57 Å². The van der Waals surface area contributed by atoms with Crippen molar-refractivity contribution >= 4 is 11.9 Å². The number of carbonyl (C=O) groups excluding carboxylic acids is 2. The van der Waals surface area contributed by atoms with Crippen molar-refractivity contribution in [3.05, 3.63) is 106 Å². The third-order valence-corrected chi connectivity index (χ3v) is 13.7. The fourth-order valence-corrected chi connectivity index (χ4v) is 10.1. The molecule has 0 spiro atoms. The Morgan fingerprint density at radius 1 is 0.947 bits per heavy atom. The number of aliphatic hydroxyl groups excluding tert-OH is 1. The average Bonchev–Trinajstić information content (AvgIpc) is 3.45. The molecule has 8 heteroatoms. The number of rotatable bonds is 10. The van der Waals surface area contributed by atoms with Crippen LogP contribution in [0.15, 0.2) is 78.4 Å². The number of fused-ring (bicyclic) bond motifs is 8. The second kappa shape index (κ2) is 18.2. The molecule has 7 unspecified atom stereocenters. The van der Waals surface area contributed by atoms with E-state index in [0.717, 1.165) is 42.4 Å². The van der Waals surface area contributed by atoms with Gasteiger partial charge in [-0.1, -0.05) is 88.2 Å². The van der Waals surface area contributed by atoms with Crippen LogP contribution in [0.5, 0.6) is 11.5 Å². The van der Waals surface area contributed by atoms with E-state index < -0.39 is 23.2 Å². The number of ether oxygens (including phenoxy) is 3. The van der Waals surface area contributed by atoms with E-state index in [9.17, 15) is 19.8 Å². The van der Waals surface area contributed by atoms with Gasteiger partial charge in [-0.05, 0) is 118 Å². The molecule has 8 nitrogen and oxygen atoms in total. The van der Waals surface area contributed by atoms with Crippen LogP contribution in [0.2, 0.25) is 0 Å². The summed E-state index contributed by atoms with van der Waals surface area (Å²) in [4.78, 5) is 30.8. The molecule has 308 valence electrons. The number of amides is 1. The van der Waals surface area contributed by atoms with E-state index in [4.69, 9.17) is 14.2 Å². The Balaban J connectivity index is 1.42. The summed E-state index contributed by atoms with van der Waals surface area (Å²) in [7, 11) is 3.22. The Hall–Kier alpha value is -4.14. The molecule has 0 aromatic heterocycles. The molecule has 0 radical (unpaired) electrons. The average molecular weight is 780 g/mol. The monoisotopic (exact) mass is 779 g/mol. The van der Waals surface area contributed by atoms with E-state index >= 15 is 0 Å². The molecular formula is C49H65NO7. The van der Waals surface area contributed by atoms with Crippen LogP contribution in [0.4, 0.5) is 4.79 Å². The molecule has 2 bridgehead atoms. The van der Waals surface area contributed by atoms with Gasteiger partial charge in [-0.2, -0.15) is 0 Å².